The zero-order chi connectivity index (χ0) is 11.7. The maximum absolute atomic E-state index is 11.6. The Labute approximate surface area is 91.5 Å². The average molecular weight is 221 g/mol. The number of rotatable bonds is 2. The van der Waals surface area contributed by atoms with E-state index in [0.29, 0.717) is 5.82 Å². The average Bonchev–Trinajstić information content (AvgIpc) is 2.60. The number of hydrogen-bond acceptors (Lipinski definition) is 5. The van der Waals surface area contributed by atoms with E-state index in [4.69, 9.17) is 11.5 Å². The summed E-state index contributed by atoms with van der Waals surface area (Å²) < 4.78 is 0. The Morgan fingerprint density at radius 1 is 1.50 bits per heavy atom. The third kappa shape index (κ3) is 1.79. The molecule has 1 fully saturated rings. The fraction of sp³-hybridized carbons (Fsp3) is 0.333. The monoisotopic (exact) mass is 221 g/mol. The Morgan fingerprint density at radius 2 is 2.25 bits per heavy atom. The van der Waals surface area contributed by atoms with Gasteiger partial charge in [-0.2, -0.15) is 0 Å². The molecule has 1 unspecified atom stereocenters. The molecular formula is C9H11N5O2. The maximum atomic E-state index is 11.6. The van der Waals surface area contributed by atoms with Crippen LogP contribution in [0.3, 0.4) is 0 Å². The van der Waals surface area contributed by atoms with Crippen molar-refractivity contribution in [3.05, 3.63) is 12.4 Å². The number of nitrogen functional groups attached to an aromatic ring is 1. The van der Waals surface area contributed by atoms with Gasteiger partial charge in [0.25, 0.3) is 0 Å². The first-order valence-corrected chi connectivity index (χ1v) is 4.75. The third-order valence-corrected chi connectivity index (χ3v) is 2.48. The van der Waals surface area contributed by atoms with Crippen LogP contribution in [0.15, 0.2) is 12.4 Å². The molecule has 1 aromatic heterocycles. The molecule has 16 heavy (non-hydrogen) atoms. The molecule has 84 valence electrons. The Bertz CT molecular complexity index is 447. The number of aromatic nitrogens is 2. The van der Waals surface area contributed by atoms with Crippen molar-refractivity contribution in [1.82, 2.24) is 9.97 Å². The Balaban J connectivity index is 2.23. The number of primary amides is 1. The van der Waals surface area contributed by atoms with Crippen LogP contribution in [-0.2, 0) is 9.59 Å². The number of carbonyl (C=O) groups excluding carboxylic acids is 2. The molecule has 7 heteroatoms. The van der Waals surface area contributed by atoms with E-state index in [1.807, 2.05) is 0 Å². The minimum absolute atomic E-state index is 0.124. The van der Waals surface area contributed by atoms with Gasteiger partial charge in [0.1, 0.15) is 18.0 Å². The highest BCUT2D eigenvalue weighted by Crippen LogP contribution is 2.23. The summed E-state index contributed by atoms with van der Waals surface area (Å²) in [7, 11) is 0. The van der Waals surface area contributed by atoms with Gasteiger partial charge in [-0.15, -0.1) is 0 Å². The number of nitrogens with two attached hydrogens (primary N) is 2. The second-order valence-electron chi connectivity index (χ2n) is 3.61. The molecule has 4 N–H and O–H groups in total. The van der Waals surface area contributed by atoms with Crippen LogP contribution < -0.4 is 16.4 Å². The Hall–Kier alpha value is -2.18. The molecular weight excluding hydrogens is 210 g/mol. The highest BCUT2D eigenvalue weighted by atomic mass is 16.2. The molecule has 0 aliphatic carbocycles. The summed E-state index contributed by atoms with van der Waals surface area (Å²) in [4.78, 5) is 31.6. The highest BCUT2D eigenvalue weighted by molar-refractivity contribution is 5.99. The minimum Gasteiger partial charge on any atom is -0.384 e. The summed E-state index contributed by atoms with van der Waals surface area (Å²) in [5, 5.41) is 0. The molecule has 0 bridgehead atoms. The second-order valence-corrected chi connectivity index (χ2v) is 3.61. The largest absolute Gasteiger partial charge is 0.384 e. The van der Waals surface area contributed by atoms with Crippen molar-refractivity contribution in [1.29, 1.82) is 0 Å². The molecule has 0 spiro atoms. The number of carbonyl (C=O) groups is 2. The van der Waals surface area contributed by atoms with Gasteiger partial charge < -0.3 is 11.5 Å². The molecule has 0 saturated carbocycles. The minimum atomic E-state index is -0.474. The van der Waals surface area contributed by atoms with Gasteiger partial charge in [0, 0.05) is 19.0 Å². The SMILES string of the molecule is NC(=O)C1CC(=O)N(c2cc(N)ncn2)C1. The predicted octanol–water partition coefficient (Wildman–Crippen LogP) is -1.10. The molecule has 0 radical (unpaired) electrons. The molecule has 1 aromatic rings. The molecule has 7 nitrogen and oxygen atoms in total. The summed E-state index contributed by atoms with van der Waals surface area (Å²) in [5.74, 6) is -0.426. The quantitative estimate of drug-likeness (QED) is 0.657. The molecule has 1 saturated heterocycles. The standard InChI is InChI=1S/C9H11N5O2/c10-6-2-7(13-4-12-6)14-3-5(9(11)16)1-8(14)15/h2,4-5H,1,3H2,(H2,11,16)(H2,10,12,13). The Morgan fingerprint density at radius 3 is 2.81 bits per heavy atom. The van der Waals surface area contributed by atoms with Crippen LogP contribution in [-0.4, -0.2) is 28.3 Å². The topological polar surface area (TPSA) is 115 Å². The van der Waals surface area contributed by atoms with Gasteiger partial charge in [-0.3, -0.25) is 14.5 Å². The van der Waals surface area contributed by atoms with Crippen LogP contribution in [0.1, 0.15) is 6.42 Å². The highest BCUT2D eigenvalue weighted by Gasteiger charge is 2.34. The van der Waals surface area contributed by atoms with E-state index in [1.165, 1.54) is 17.3 Å². The first kappa shape index (κ1) is 10.3. The number of hydrogen-bond donors (Lipinski definition) is 2. The van der Waals surface area contributed by atoms with Gasteiger partial charge in [-0.05, 0) is 0 Å². The van der Waals surface area contributed by atoms with Gasteiger partial charge in [-0.25, -0.2) is 9.97 Å². The predicted molar refractivity (Wildman–Crippen MR) is 56.1 cm³/mol. The lowest BCUT2D eigenvalue weighted by molar-refractivity contribution is -0.123. The van der Waals surface area contributed by atoms with E-state index in [0.717, 1.165) is 0 Å². The van der Waals surface area contributed by atoms with E-state index in [-0.39, 0.29) is 24.7 Å². The van der Waals surface area contributed by atoms with Crippen LogP contribution >= 0.6 is 0 Å². The summed E-state index contributed by atoms with van der Waals surface area (Å²) >= 11 is 0. The van der Waals surface area contributed by atoms with Crippen molar-refractivity contribution in [2.45, 2.75) is 6.42 Å². The van der Waals surface area contributed by atoms with Gasteiger partial charge in [0.05, 0.1) is 5.92 Å². The van der Waals surface area contributed by atoms with Crippen molar-refractivity contribution in [2.24, 2.45) is 11.7 Å². The fourth-order valence-electron chi connectivity index (χ4n) is 1.63. The fourth-order valence-corrected chi connectivity index (χ4v) is 1.63. The normalized spacial score (nSPS) is 20.1. The molecule has 2 amide bonds. The van der Waals surface area contributed by atoms with Gasteiger partial charge in [0.2, 0.25) is 11.8 Å². The van der Waals surface area contributed by atoms with Crippen molar-refractivity contribution in [3.8, 4) is 0 Å². The molecule has 1 atom stereocenters. The maximum Gasteiger partial charge on any atom is 0.229 e. The lowest BCUT2D eigenvalue weighted by Crippen LogP contribution is -2.29. The van der Waals surface area contributed by atoms with Crippen LogP contribution in [0.5, 0.6) is 0 Å². The van der Waals surface area contributed by atoms with E-state index in [1.54, 1.807) is 0 Å². The summed E-state index contributed by atoms with van der Waals surface area (Å²) in [6, 6.07) is 1.49. The molecule has 0 aromatic carbocycles. The summed E-state index contributed by atoms with van der Waals surface area (Å²) in [5.41, 5.74) is 10.6. The van der Waals surface area contributed by atoms with Crippen molar-refractivity contribution in [2.75, 3.05) is 17.2 Å². The van der Waals surface area contributed by atoms with E-state index in [2.05, 4.69) is 9.97 Å². The second kappa shape index (κ2) is 3.76. The van der Waals surface area contributed by atoms with Crippen molar-refractivity contribution in [3.63, 3.8) is 0 Å². The third-order valence-electron chi connectivity index (χ3n) is 2.48. The van der Waals surface area contributed by atoms with Crippen molar-refractivity contribution < 1.29 is 9.59 Å². The Kier molecular flexibility index (Phi) is 2.43. The van der Waals surface area contributed by atoms with Gasteiger partial charge in [-0.1, -0.05) is 0 Å². The number of anilines is 2. The smallest absolute Gasteiger partial charge is 0.229 e. The lowest BCUT2D eigenvalue weighted by atomic mass is 10.1. The van der Waals surface area contributed by atoms with Crippen LogP contribution in [0.4, 0.5) is 11.6 Å². The summed E-state index contributed by atoms with van der Waals surface area (Å²) in [6.07, 6.45) is 1.40. The molecule has 1 aliphatic heterocycles. The molecule has 2 heterocycles. The van der Waals surface area contributed by atoms with E-state index < -0.39 is 11.8 Å². The number of amides is 2. The zero-order valence-corrected chi connectivity index (χ0v) is 8.46. The first-order valence-electron chi connectivity index (χ1n) is 4.75. The van der Waals surface area contributed by atoms with E-state index in [9.17, 15) is 9.59 Å². The summed E-state index contributed by atoms with van der Waals surface area (Å²) in [6.45, 7) is 0.255. The van der Waals surface area contributed by atoms with Gasteiger partial charge in [0.15, 0.2) is 0 Å². The number of nitrogens with zero attached hydrogens (tertiary/aromatic N) is 3. The molecule has 2 rings (SSSR count). The van der Waals surface area contributed by atoms with Crippen molar-refractivity contribution >= 4 is 23.5 Å². The van der Waals surface area contributed by atoms with Crippen LogP contribution in [0.25, 0.3) is 0 Å². The van der Waals surface area contributed by atoms with Crippen LogP contribution in [0.2, 0.25) is 0 Å². The van der Waals surface area contributed by atoms with Crippen LogP contribution in [0, 0.1) is 5.92 Å². The van der Waals surface area contributed by atoms with Gasteiger partial charge >= 0.3 is 0 Å². The zero-order valence-electron chi connectivity index (χ0n) is 8.46. The first-order chi connectivity index (χ1) is 7.58. The van der Waals surface area contributed by atoms with E-state index >= 15 is 0 Å². The lowest BCUT2D eigenvalue weighted by Gasteiger charge is -2.14. The molecule has 1 aliphatic rings.